The van der Waals surface area contributed by atoms with Crippen LogP contribution in [0.4, 0.5) is 0 Å². The van der Waals surface area contributed by atoms with Crippen molar-refractivity contribution in [3.8, 4) is 11.5 Å². The maximum Gasteiger partial charge on any atom is 1.00 e. The van der Waals surface area contributed by atoms with E-state index < -0.39 is 30.0 Å². The Morgan fingerprint density at radius 1 is 0.657 bits per heavy atom. The third kappa shape index (κ3) is 14.0. The van der Waals surface area contributed by atoms with Crippen molar-refractivity contribution in [1.29, 1.82) is 0 Å². The van der Waals surface area contributed by atoms with Gasteiger partial charge in [0, 0.05) is 0 Å². The van der Waals surface area contributed by atoms with Crippen LogP contribution in [0.3, 0.4) is 0 Å². The Morgan fingerprint density at radius 2 is 1.14 bits per heavy atom. The van der Waals surface area contributed by atoms with Gasteiger partial charge in [0.25, 0.3) is 0 Å². The van der Waals surface area contributed by atoms with E-state index in [4.69, 9.17) is 4.74 Å². The molecular formula is C24H32Na2O7S2. The van der Waals surface area contributed by atoms with Crippen molar-refractivity contribution in [2.24, 2.45) is 0 Å². The predicted molar refractivity (Wildman–Crippen MR) is 124 cm³/mol. The quantitative estimate of drug-likeness (QED) is 0.173. The van der Waals surface area contributed by atoms with E-state index in [0.29, 0.717) is 11.8 Å². The molecule has 11 heteroatoms. The molecule has 0 aliphatic rings. The van der Waals surface area contributed by atoms with Crippen LogP contribution in [0.2, 0.25) is 0 Å². The Bertz CT molecular complexity index is 1050. The molecule has 0 aliphatic heterocycles. The number of aryl methyl sites for hydroxylation is 1. The zero-order valence-corrected chi connectivity index (χ0v) is 26.6. The van der Waals surface area contributed by atoms with Crippen LogP contribution in [0.15, 0.2) is 52.3 Å². The van der Waals surface area contributed by atoms with Gasteiger partial charge in [0.1, 0.15) is 31.7 Å². The Kier molecular flexibility index (Phi) is 17.6. The molecule has 7 nitrogen and oxygen atoms in total. The minimum atomic E-state index is -4.97. The SMILES string of the molecule is CCCCCCCCCCCCc1cccc(Oc2cc(S(=O)(=O)[O-])cc(S(=O)(=O)[O-])c2)c1.[Na+].[Na+]. The van der Waals surface area contributed by atoms with Gasteiger partial charge in [0.2, 0.25) is 0 Å². The normalized spacial score (nSPS) is 11.4. The molecule has 0 unspecified atom stereocenters. The Balaban J connectivity index is 0.00000578. The molecule has 0 saturated heterocycles. The molecule has 0 radical (unpaired) electrons. The van der Waals surface area contributed by atoms with Crippen molar-refractivity contribution in [2.45, 2.75) is 87.3 Å². The van der Waals surface area contributed by atoms with E-state index in [1.807, 2.05) is 6.07 Å². The molecule has 0 saturated carbocycles. The molecule has 0 spiro atoms. The number of hydrogen-bond donors (Lipinski definition) is 0. The number of ether oxygens (including phenoxy) is 1. The zero-order chi connectivity index (χ0) is 24.3. The van der Waals surface area contributed by atoms with Gasteiger partial charge in [-0.1, -0.05) is 76.8 Å². The third-order valence-corrected chi connectivity index (χ3v) is 7.01. The van der Waals surface area contributed by atoms with E-state index in [9.17, 15) is 25.9 Å². The minimum Gasteiger partial charge on any atom is -0.744 e. The Labute approximate surface area is 254 Å². The van der Waals surface area contributed by atoms with Crippen LogP contribution in [0.5, 0.6) is 11.5 Å². The molecular weight excluding hydrogens is 510 g/mol. The van der Waals surface area contributed by atoms with Gasteiger partial charge < -0.3 is 13.8 Å². The van der Waals surface area contributed by atoms with Crippen LogP contribution in [0.1, 0.15) is 76.7 Å². The summed E-state index contributed by atoms with van der Waals surface area (Å²) in [5, 5.41) is 0. The largest absolute Gasteiger partial charge is 1.00 e. The van der Waals surface area contributed by atoms with Gasteiger partial charge in [-0.25, -0.2) is 16.8 Å². The summed E-state index contributed by atoms with van der Waals surface area (Å²) >= 11 is 0. The molecule has 0 fully saturated rings. The molecule has 2 aromatic carbocycles. The minimum absolute atomic E-state index is 0. The number of unbranched alkanes of at least 4 members (excludes halogenated alkanes) is 9. The Hall–Kier alpha value is 0.0600. The predicted octanol–water partition coefficient (Wildman–Crippen LogP) is -0.241. The third-order valence-electron chi connectivity index (χ3n) is 5.38. The van der Waals surface area contributed by atoms with E-state index in [2.05, 4.69) is 6.92 Å². The molecule has 0 aliphatic carbocycles. The molecule has 2 aromatic rings. The standard InChI is InChI=1S/C24H34O7S2.2Na/c1-2-3-4-5-6-7-8-9-10-11-13-20-14-12-15-21(16-20)31-22-17-23(32(25,26)27)19-24(18-22)33(28,29)30;;/h12,14-19H,2-11,13H2,1H3,(H,25,26,27)(H,28,29,30);;/q;2*+1/p-2. The van der Waals surface area contributed by atoms with Crippen molar-refractivity contribution in [3.05, 3.63) is 48.0 Å². The summed E-state index contributed by atoms with van der Waals surface area (Å²) in [6.45, 7) is 2.22. The fourth-order valence-corrected chi connectivity index (χ4v) is 4.75. The van der Waals surface area contributed by atoms with Gasteiger partial charge in [-0.05, 0) is 48.7 Å². The van der Waals surface area contributed by atoms with Gasteiger partial charge in [-0.3, -0.25) is 0 Å². The summed E-state index contributed by atoms with van der Waals surface area (Å²) in [4.78, 5) is -1.67. The van der Waals surface area contributed by atoms with Crippen molar-refractivity contribution in [2.75, 3.05) is 0 Å². The molecule has 35 heavy (non-hydrogen) atoms. The van der Waals surface area contributed by atoms with E-state index in [-0.39, 0.29) is 64.9 Å². The first-order chi connectivity index (χ1) is 15.6. The summed E-state index contributed by atoms with van der Waals surface area (Å²) in [7, 11) is -9.94. The average Bonchev–Trinajstić information content (AvgIpc) is 2.74. The second-order valence-corrected chi connectivity index (χ2v) is 11.0. The summed E-state index contributed by atoms with van der Waals surface area (Å²) in [5.41, 5.74) is 1.02. The molecule has 0 amide bonds. The second-order valence-electron chi connectivity index (χ2n) is 8.23. The van der Waals surface area contributed by atoms with Crippen molar-refractivity contribution >= 4 is 20.2 Å². The molecule has 0 N–H and O–H groups in total. The zero-order valence-electron chi connectivity index (χ0n) is 21.0. The van der Waals surface area contributed by atoms with Crippen LogP contribution < -0.4 is 63.9 Å². The van der Waals surface area contributed by atoms with Crippen LogP contribution in [-0.4, -0.2) is 25.9 Å². The molecule has 0 bridgehead atoms. The molecule has 0 aromatic heterocycles. The fraction of sp³-hybridized carbons (Fsp3) is 0.500. The Morgan fingerprint density at radius 3 is 1.63 bits per heavy atom. The summed E-state index contributed by atoms with van der Waals surface area (Å²) < 4.78 is 73.6. The van der Waals surface area contributed by atoms with Gasteiger partial charge in [-0.2, -0.15) is 0 Å². The fourth-order valence-electron chi connectivity index (χ4n) is 3.61. The average molecular weight is 543 g/mol. The van der Waals surface area contributed by atoms with Gasteiger partial charge >= 0.3 is 59.1 Å². The summed E-state index contributed by atoms with van der Waals surface area (Å²) in [6.07, 6.45) is 13.3. The van der Waals surface area contributed by atoms with Gasteiger partial charge in [0.15, 0.2) is 0 Å². The maximum atomic E-state index is 11.3. The van der Waals surface area contributed by atoms with Crippen molar-refractivity contribution in [1.82, 2.24) is 0 Å². The first kappa shape index (κ1) is 35.1. The van der Waals surface area contributed by atoms with Crippen LogP contribution in [-0.2, 0) is 26.7 Å². The number of benzene rings is 2. The van der Waals surface area contributed by atoms with Gasteiger partial charge in [0.05, 0.1) is 9.79 Å². The number of rotatable bonds is 15. The van der Waals surface area contributed by atoms with Crippen molar-refractivity contribution < 1.29 is 89.8 Å². The summed E-state index contributed by atoms with van der Waals surface area (Å²) in [6, 6.07) is 9.49. The van der Waals surface area contributed by atoms with Gasteiger partial charge in [-0.15, -0.1) is 0 Å². The molecule has 184 valence electrons. The summed E-state index contributed by atoms with van der Waals surface area (Å²) in [5.74, 6) is 0.145. The smallest absolute Gasteiger partial charge is 0.744 e. The monoisotopic (exact) mass is 542 g/mol. The first-order valence-electron chi connectivity index (χ1n) is 11.4. The van der Waals surface area contributed by atoms with E-state index >= 15 is 0 Å². The maximum absolute atomic E-state index is 11.3. The molecule has 2 rings (SSSR count). The number of hydrogen-bond acceptors (Lipinski definition) is 7. The molecule has 0 atom stereocenters. The van der Waals surface area contributed by atoms with E-state index in [0.717, 1.165) is 37.0 Å². The van der Waals surface area contributed by atoms with Crippen LogP contribution in [0.25, 0.3) is 0 Å². The van der Waals surface area contributed by atoms with Crippen LogP contribution in [0, 0.1) is 0 Å². The van der Waals surface area contributed by atoms with Crippen molar-refractivity contribution in [3.63, 3.8) is 0 Å². The topological polar surface area (TPSA) is 124 Å². The van der Waals surface area contributed by atoms with E-state index in [1.165, 1.54) is 51.4 Å². The van der Waals surface area contributed by atoms with Crippen LogP contribution >= 0.6 is 0 Å². The van der Waals surface area contributed by atoms with E-state index in [1.54, 1.807) is 18.2 Å². The first-order valence-corrected chi connectivity index (χ1v) is 14.2. The second kappa shape index (κ2) is 17.5. The molecule has 0 heterocycles.